The van der Waals surface area contributed by atoms with Crippen LogP contribution in [0.2, 0.25) is 0 Å². The molecular formula is C15H19N3O2. The minimum atomic E-state index is -0.268. The van der Waals surface area contributed by atoms with Crippen molar-refractivity contribution >= 4 is 0 Å². The molecule has 0 radical (unpaired) electrons. The molecule has 1 atom stereocenters. The number of hydrogen-bond acceptors (Lipinski definition) is 4. The lowest BCUT2D eigenvalue weighted by Gasteiger charge is -2.33. The van der Waals surface area contributed by atoms with Crippen LogP contribution in [0, 0.1) is 11.3 Å². The maximum absolute atomic E-state index is 12.0. The lowest BCUT2D eigenvalue weighted by Crippen LogP contribution is -2.34. The summed E-state index contributed by atoms with van der Waals surface area (Å²) in [6, 6.07) is 1.88. The second-order valence-corrected chi connectivity index (χ2v) is 5.90. The summed E-state index contributed by atoms with van der Waals surface area (Å²) >= 11 is 0. The number of nitriles is 1. The van der Waals surface area contributed by atoms with Gasteiger partial charge in [0, 0.05) is 0 Å². The van der Waals surface area contributed by atoms with Crippen LogP contribution >= 0.6 is 0 Å². The van der Waals surface area contributed by atoms with Crippen molar-refractivity contribution in [3.05, 3.63) is 28.4 Å². The first-order chi connectivity index (χ1) is 9.72. The third-order valence-electron chi connectivity index (χ3n) is 4.53. The van der Waals surface area contributed by atoms with Crippen molar-refractivity contribution in [2.24, 2.45) is 0 Å². The zero-order valence-corrected chi connectivity index (χ0v) is 11.5. The topological polar surface area (TPSA) is 67.9 Å². The number of rotatable bonds is 2. The Morgan fingerprint density at radius 1 is 1.40 bits per heavy atom. The fourth-order valence-electron chi connectivity index (χ4n) is 3.46. The molecule has 5 nitrogen and oxygen atoms in total. The summed E-state index contributed by atoms with van der Waals surface area (Å²) in [6.07, 6.45) is 11.1. The average molecular weight is 273 g/mol. The van der Waals surface area contributed by atoms with E-state index in [0.717, 1.165) is 25.7 Å². The number of nitrogens with zero attached hydrogens (tertiary/aromatic N) is 3. The van der Waals surface area contributed by atoms with Gasteiger partial charge < -0.3 is 4.74 Å². The normalized spacial score (nSPS) is 24.6. The van der Waals surface area contributed by atoms with E-state index in [4.69, 9.17) is 10.00 Å². The second kappa shape index (κ2) is 5.37. The van der Waals surface area contributed by atoms with Crippen LogP contribution in [-0.4, -0.2) is 21.3 Å². The van der Waals surface area contributed by atoms with E-state index >= 15 is 0 Å². The lowest BCUT2D eigenvalue weighted by molar-refractivity contribution is -0.0683. The molecule has 0 N–H and O–H groups in total. The van der Waals surface area contributed by atoms with Crippen LogP contribution in [0.5, 0.6) is 0 Å². The van der Waals surface area contributed by atoms with Gasteiger partial charge in [-0.25, -0.2) is 4.98 Å². The highest BCUT2D eigenvalue weighted by Gasteiger charge is 2.40. The van der Waals surface area contributed by atoms with Gasteiger partial charge in [0.15, 0.2) is 0 Å². The van der Waals surface area contributed by atoms with Crippen LogP contribution in [0.25, 0.3) is 0 Å². The van der Waals surface area contributed by atoms with E-state index in [1.54, 1.807) is 0 Å². The molecule has 3 rings (SSSR count). The Balaban J connectivity index is 1.71. The third kappa shape index (κ3) is 2.48. The molecule has 0 unspecified atom stereocenters. The molecule has 0 bridgehead atoms. The summed E-state index contributed by atoms with van der Waals surface area (Å²) < 4.78 is 7.76. The maximum Gasteiger partial charge on any atom is 0.271 e. The molecule has 1 saturated carbocycles. The molecule has 5 heteroatoms. The third-order valence-corrected chi connectivity index (χ3v) is 4.53. The van der Waals surface area contributed by atoms with Crippen molar-refractivity contribution in [3.8, 4) is 6.07 Å². The van der Waals surface area contributed by atoms with Gasteiger partial charge in [-0.3, -0.25) is 9.36 Å². The molecule has 0 amide bonds. The van der Waals surface area contributed by atoms with E-state index in [1.807, 2.05) is 6.07 Å². The Bertz CT molecular complexity index is 582. The van der Waals surface area contributed by atoms with E-state index in [9.17, 15) is 4.79 Å². The molecule has 1 aromatic rings. The van der Waals surface area contributed by atoms with E-state index in [2.05, 4.69) is 4.98 Å². The van der Waals surface area contributed by atoms with Gasteiger partial charge in [0.1, 0.15) is 11.6 Å². The van der Waals surface area contributed by atoms with Crippen molar-refractivity contribution < 1.29 is 4.74 Å². The monoisotopic (exact) mass is 273 g/mol. The highest BCUT2D eigenvalue weighted by Crippen LogP contribution is 2.42. The summed E-state index contributed by atoms with van der Waals surface area (Å²) in [5.41, 5.74) is -0.110. The minimum absolute atomic E-state index is 0.0623. The molecule has 0 aromatic carbocycles. The molecule has 2 heterocycles. The first kappa shape index (κ1) is 13.3. The van der Waals surface area contributed by atoms with E-state index in [-0.39, 0.29) is 22.8 Å². The summed E-state index contributed by atoms with van der Waals surface area (Å²) in [5.74, 6) is 0. The predicted octanol–water partition coefficient (Wildman–Crippen LogP) is 2.00. The molecule has 1 aromatic heterocycles. The minimum Gasteiger partial charge on any atom is -0.370 e. The molecular weight excluding hydrogens is 254 g/mol. The first-order valence-electron chi connectivity index (χ1n) is 7.35. The highest BCUT2D eigenvalue weighted by atomic mass is 16.5. The molecule has 20 heavy (non-hydrogen) atoms. The largest absolute Gasteiger partial charge is 0.370 e. The lowest BCUT2D eigenvalue weighted by atomic mass is 9.83. The van der Waals surface area contributed by atoms with Gasteiger partial charge in [-0.1, -0.05) is 19.3 Å². The number of aromatic nitrogens is 2. The Labute approximate surface area is 118 Å². The molecule has 1 saturated heterocycles. The van der Waals surface area contributed by atoms with Crippen molar-refractivity contribution in [2.45, 2.75) is 63.2 Å². The molecule has 106 valence electrons. The van der Waals surface area contributed by atoms with Crippen LogP contribution in [0.4, 0.5) is 0 Å². The SMILES string of the molecule is N#Cc1cncn(C[C@H]2CCC3(CCCCC3)O2)c1=O. The molecule has 1 spiro atoms. The zero-order valence-electron chi connectivity index (χ0n) is 11.5. The fraction of sp³-hybridized carbons (Fsp3) is 0.667. The molecule has 1 aliphatic heterocycles. The van der Waals surface area contributed by atoms with Gasteiger partial charge in [0.25, 0.3) is 5.56 Å². The molecule has 2 aliphatic rings. The second-order valence-electron chi connectivity index (χ2n) is 5.90. The number of hydrogen-bond donors (Lipinski definition) is 0. The number of ether oxygens (including phenoxy) is 1. The Kier molecular flexibility index (Phi) is 3.58. The van der Waals surface area contributed by atoms with Gasteiger partial charge in [0.05, 0.1) is 30.8 Å². The van der Waals surface area contributed by atoms with Gasteiger partial charge in [-0.15, -0.1) is 0 Å². The van der Waals surface area contributed by atoms with Crippen molar-refractivity contribution in [1.29, 1.82) is 5.26 Å². The highest BCUT2D eigenvalue weighted by molar-refractivity contribution is 5.21. The maximum atomic E-state index is 12.0. The Hall–Kier alpha value is -1.67. The summed E-state index contributed by atoms with van der Waals surface area (Å²) in [6.45, 7) is 0.503. The van der Waals surface area contributed by atoms with Gasteiger partial charge in [-0.05, 0) is 25.7 Å². The van der Waals surface area contributed by atoms with Gasteiger partial charge in [-0.2, -0.15) is 5.26 Å². The smallest absolute Gasteiger partial charge is 0.271 e. The quantitative estimate of drug-likeness (QED) is 0.826. The van der Waals surface area contributed by atoms with E-state index in [0.29, 0.717) is 6.54 Å². The summed E-state index contributed by atoms with van der Waals surface area (Å²) in [4.78, 5) is 15.9. The Morgan fingerprint density at radius 2 is 2.20 bits per heavy atom. The van der Waals surface area contributed by atoms with Crippen LogP contribution in [0.15, 0.2) is 17.3 Å². The van der Waals surface area contributed by atoms with Crippen LogP contribution in [0.3, 0.4) is 0 Å². The fourth-order valence-corrected chi connectivity index (χ4v) is 3.46. The molecule has 2 fully saturated rings. The van der Waals surface area contributed by atoms with Crippen molar-refractivity contribution in [2.75, 3.05) is 0 Å². The van der Waals surface area contributed by atoms with Gasteiger partial charge >= 0.3 is 0 Å². The van der Waals surface area contributed by atoms with Crippen LogP contribution < -0.4 is 5.56 Å². The van der Waals surface area contributed by atoms with Crippen molar-refractivity contribution in [1.82, 2.24) is 9.55 Å². The standard InChI is InChI=1S/C15H19N3O2/c16-8-12-9-17-11-18(14(12)19)10-13-4-7-15(20-13)5-2-1-3-6-15/h9,11,13H,1-7,10H2/t13-/m1/s1. The summed E-state index contributed by atoms with van der Waals surface area (Å²) in [7, 11) is 0. The van der Waals surface area contributed by atoms with E-state index in [1.165, 1.54) is 36.4 Å². The predicted molar refractivity (Wildman–Crippen MR) is 73.1 cm³/mol. The van der Waals surface area contributed by atoms with Crippen molar-refractivity contribution in [3.63, 3.8) is 0 Å². The first-order valence-corrected chi connectivity index (χ1v) is 7.35. The van der Waals surface area contributed by atoms with Gasteiger partial charge in [0.2, 0.25) is 0 Å². The van der Waals surface area contributed by atoms with Crippen LogP contribution in [0.1, 0.15) is 50.5 Å². The average Bonchev–Trinajstić information content (AvgIpc) is 2.84. The molecule has 1 aliphatic carbocycles. The van der Waals surface area contributed by atoms with Crippen LogP contribution in [-0.2, 0) is 11.3 Å². The zero-order chi connectivity index (χ0) is 14.0. The Morgan fingerprint density at radius 3 is 2.95 bits per heavy atom. The van der Waals surface area contributed by atoms with E-state index < -0.39 is 0 Å². The summed E-state index contributed by atoms with van der Waals surface area (Å²) in [5, 5.41) is 8.87.